The molecule has 2 rings (SSSR count). The molecule has 1 heterocycles. The van der Waals surface area contributed by atoms with Gasteiger partial charge in [0.05, 0.1) is 0 Å². The maximum Gasteiger partial charge on any atom is 0.188 e. The van der Waals surface area contributed by atoms with E-state index in [-0.39, 0.29) is 11.1 Å². The van der Waals surface area contributed by atoms with Crippen molar-refractivity contribution in [3.63, 3.8) is 0 Å². The zero-order valence-electron chi connectivity index (χ0n) is 20.1. The molecule has 1 aromatic carbocycles. The quantitative estimate of drug-likeness (QED) is 0.220. The van der Waals surface area contributed by atoms with Gasteiger partial charge in [0.15, 0.2) is 20.4 Å². The largest absolute Gasteiger partial charge is 0.483 e. The van der Waals surface area contributed by atoms with Crippen LogP contribution in [-0.4, -0.2) is 38.6 Å². The second-order valence-corrected chi connectivity index (χ2v) is 14.2. The number of carbonyl (C=O) groups is 1. The third-order valence-electron chi connectivity index (χ3n) is 6.73. The maximum absolute atomic E-state index is 10.7. The minimum Gasteiger partial charge on any atom is -0.483 e. The number of ether oxygens (including phenoxy) is 1. The van der Waals surface area contributed by atoms with E-state index in [1.807, 2.05) is 12.2 Å². The Morgan fingerprint density at radius 2 is 1.84 bits per heavy atom. The van der Waals surface area contributed by atoms with Crippen molar-refractivity contribution < 1.29 is 14.3 Å². The highest BCUT2D eigenvalue weighted by Crippen LogP contribution is 2.40. The molecule has 0 bridgehead atoms. The number of benzene rings is 1. The van der Waals surface area contributed by atoms with Crippen LogP contribution in [0, 0.1) is 0 Å². The van der Waals surface area contributed by atoms with E-state index in [1.54, 1.807) is 0 Å². The van der Waals surface area contributed by atoms with E-state index in [0.717, 1.165) is 37.8 Å². The van der Waals surface area contributed by atoms with Crippen molar-refractivity contribution in [1.82, 2.24) is 0 Å². The van der Waals surface area contributed by atoms with Crippen LogP contribution in [0.15, 0.2) is 42.2 Å². The van der Waals surface area contributed by atoms with Crippen LogP contribution < -0.4 is 4.90 Å². The molecule has 0 saturated heterocycles. The number of carbonyl (C=O) groups excluding carboxylic acids is 1. The van der Waals surface area contributed by atoms with Gasteiger partial charge in [0.2, 0.25) is 0 Å². The molecule has 0 spiro atoms. The highest BCUT2D eigenvalue weighted by atomic mass is 28.4. The fourth-order valence-electron chi connectivity index (χ4n) is 3.71. The summed E-state index contributed by atoms with van der Waals surface area (Å²) in [6.45, 7) is 12.8. The van der Waals surface area contributed by atoms with Crippen LogP contribution in [0.5, 0.6) is 0 Å². The lowest BCUT2D eigenvalue weighted by atomic mass is 10.0. The molecule has 31 heavy (non-hydrogen) atoms. The average Bonchev–Trinajstić information content (AvgIpc) is 3.19. The number of unbranched alkanes of at least 4 members (excludes halogenated alkanes) is 3. The van der Waals surface area contributed by atoms with Gasteiger partial charge in [-0.15, -0.1) is 0 Å². The molecule has 1 aliphatic rings. The Morgan fingerprint density at radius 1 is 1.16 bits per heavy atom. The Hall–Kier alpha value is -1.85. The topological polar surface area (TPSA) is 49.8 Å². The monoisotopic (exact) mass is 443 g/mol. The van der Waals surface area contributed by atoms with Gasteiger partial charge in [-0.05, 0) is 67.7 Å². The third-order valence-corrected chi connectivity index (χ3v) is 10.3. The van der Waals surface area contributed by atoms with Gasteiger partial charge < -0.3 is 14.4 Å². The smallest absolute Gasteiger partial charge is 0.188 e. The molecule has 0 amide bonds. The van der Waals surface area contributed by atoms with Crippen LogP contribution in [0.1, 0.15) is 64.9 Å². The number of hydrogen-bond acceptors (Lipinski definition) is 4. The molecule has 1 atom stereocenters. The Labute approximate surface area is 190 Å². The normalized spacial score (nSPS) is 17.0. The van der Waals surface area contributed by atoms with Gasteiger partial charge in [-0.3, -0.25) is 4.79 Å². The summed E-state index contributed by atoms with van der Waals surface area (Å²) >= 11 is 0. The van der Waals surface area contributed by atoms with Gasteiger partial charge in [0.1, 0.15) is 6.10 Å². The highest BCUT2D eigenvalue weighted by Gasteiger charge is 2.37. The van der Waals surface area contributed by atoms with Gasteiger partial charge in [-0.25, -0.2) is 0 Å². The first-order valence-corrected chi connectivity index (χ1v) is 14.7. The molecule has 4 nitrogen and oxygen atoms in total. The van der Waals surface area contributed by atoms with Crippen LogP contribution in [0.3, 0.4) is 0 Å². The second-order valence-electron chi connectivity index (χ2n) is 9.75. The third kappa shape index (κ3) is 7.97. The number of hydrogen-bond donors (Lipinski definition) is 1. The number of aldehydes is 1. The molecule has 0 saturated carbocycles. The summed E-state index contributed by atoms with van der Waals surface area (Å²) in [7, 11) is -2.08. The summed E-state index contributed by atoms with van der Waals surface area (Å²) in [5, 5.41) is 0.0931. The fraction of sp³-hybridized carbons (Fsp3) is 0.577. The Bertz CT molecular complexity index is 747. The van der Waals surface area contributed by atoms with Gasteiger partial charge in [0.25, 0.3) is 0 Å². The van der Waals surface area contributed by atoms with E-state index in [2.05, 4.69) is 69.1 Å². The molecule has 172 valence electrons. The van der Waals surface area contributed by atoms with Crippen molar-refractivity contribution in [2.24, 2.45) is 0 Å². The fourth-order valence-corrected chi connectivity index (χ4v) is 4.50. The maximum atomic E-state index is 10.7. The predicted molar refractivity (Wildman–Crippen MR) is 134 cm³/mol. The molecule has 0 fully saturated rings. The SMILES string of the molecule is CCN(CCCCCCC(C)(C)[Si](C)(C)O)c1ccc(/C=C/C2CC=C(C=O)O2)cc1. The van der Waals surface area contributed by atoms with Gasteiger partial charge >= 0.3 is 0 Å². The minimum atomic E-state index is -2.08. The molecule has 0 aliphatic carbocycles. The van der Waals surface area contributed by atoms with Gasteiger partial charge in [-0.1, -0.05) is 51.3 Å². The van der Waals surface area contributed by atoms with E-state index in [1.165, 1.54) is 31.4 Å². The number of anilines is 1. The molecule has 1 aliphatic heterocycles. The highest BCUT2D eigenvalue weighted by molar-refractivity contribution is 6.72. The molecule has 5 heteroatoms. The van der Waals surface area contributed by atoms with Crippen LogP contribution in [0.4, 0.5) is 5.69 Å². The molecule has 0 radical (unpaired) electrons. The van der Waals surface area contributed by atoms with E-state index < -0.39 is 8.32 Å². The lowest BCUT2D eigenvalue weighted by Gasteiger charge is -2.35. The standard InChI is InChI=1S/C26H41NO3Si/c1-6-27(20-10-8-7-9-19-26(2,3)31(4,5)29)23-14-11-22(12-15-23)13-16-24-17-18-25(21-28)30-24/h11-16,18,21,24,29H,6-10,17,19-20H2,1-5H3/b16-13+. The molecular weight excluding hydrogens is 402 g/mol. The zero-order chi connectivity index (χ0) is 22.9. The first-order chi connectivity index (χ1) is 14.7. The zero-order valence-corrected chi connectivity index (χ0v) is 21.1. The second kappa shape index (κ2) is 11.7. The number of nitrogens with zero attached hydrogens (tertiary/aromatic N) is 1. The first kappa shape index (κ1) is 25.4. The van der Waals surface area contributed by atoms with Crippen LogP contribution in [0.2, 0.25) is 18.1 Å². The summed E-state index contributed by atoms with van der Waals surface area (Å²) in [5.74, 6) is 0.436. The van der Waals surface area contributed by atoms with Crippen LogP contribution in [0.25, 0.3) is 6.08 Å². The molecule has 1 aromatic rings. The Morgan fingerprint density at radius 3 is 2.42 bits per heavy atom. The van der Waals surface area contributed by atoms with Crippen molar-refractivity contribution in [1.29, 1.82) is 0 Å². The van der Waals surface area contributed by atoms with Crippen LogP contribution in [-0.2, 0) is 9.53 Å². The number of rotatable bonds is 13. The Kier molecular flexibility index (Phi) is 9.57. The van der Waals surface area contributed by atoms with Crippen molar-refractivity contribution in [3.8, 4) is 0 Å². The molecular formula is C26H41NO3Si. The summed E-state index contributed by atoms with van der Waals surface area (Å²) in [6.07, 6.45) is 13.4. The van der Waals surface area contributed by atoms with E-state index in [0.29, 0.717) is 5.76 Å². The van der Waals surface area contributed by atoms with E-state index >= 15 is 0 Å². The van der Waals surface area contributed by atoms with Crippen molar-refractivity contribution >= 4 is 26.4 Å². The van der Waals surface area contributed by atoms with Crippen LogP contribution >= 0.6 is 0 Å². The summed E-state index contributed by atoms with van der Waals surface area (Å²) in [4.78, 5) is 23.6. The number of allylic oxidation sites excluding steroid dienone is 1. The van der Waals surface area contributed by atoms with Crippen molar-refractivity contribution in [2.75, 3.05) is 18.0 Å². The summed E-state index contributed by atoms with van der Waals surface area (Å²) in [6, 6.07) is 8.65. The minimum absolute atomic E-state index is 0.0385. The summed E-state index contributed by atoms with van der Waals surface area (Å²) in [5.41, 5.74) is 2.40. The van der Waals surface area contributed by atoms with Crippen molar-refractivity contribution in [2.45, 2.75) is 83.5 Å². The first-order valence-electron chi connectivity index (χ1n) is 11.7. The van der Waals surface area contributed by atoms with Gasteiger partial charge in [-0.2, -0.15) is 0 Å². The molecule has 0 aromatic heterocycles. The molecule has 1 unspecified atom stereocenters. The average molecular weight is 444 g/mol. The van der Waals surface area contributed by atoms with E-state index in [4.69, 9.17) is 4.74 Å². The Balaban J connectivity index is 1.73. The molecule has 1 N–H and O–H groups in total. The van der Waals surface area contributed by atoms with Crippen molar-refractivity contribution in [3.05, 3.63) is 47.7 Å². The lowest BCUT2D eigenvalue weighted by molar-refractivity contribution is -0.107. The summed E-state index contributed by atoms with van der Waals surface area (Å²) < 4.78 is 5.51. The van der Waals surface area contributed by atoms with E-state index in [9.17, 15) is 9.59 Å². The van der Waals surface area contributed by atoms with Gasteiger partial charge in [0, 0.05) is 25.2 Å². The predicted octanol–water partition coefficient (Wildman–Crippen LogP) is 6.33. The lowest BCUT2D eigenvalue weighted by Crippen LogP contribution is -2.38.